The molecule has 4 nitrogen and oxygen atoms in total. The van der Waals surface area contributed by atoms with Crippen LogP contribution < -0.4 is 5.32 Å². The molecule has 5 heteroatoms. The molecule has 0 saturated heterocycles. The van der Waals surface area contributed by atoms with E-state index in [9.17, 15) is 14.0 Å². The molecule has 0 spiro atoms. The van der Waals surface area contributed by atoms with Crippen LogP contribution in [0.3, 0.4) is 0 Å². The van der Waals surface area contributed by atoms with Gasteiger partial charge in [0, 0.05) is 18.7 Å². The molecule has 28 heavy (non-hydrogen) atoms. The minimum atomic E-state index is -0.698. The van der Waals surface area contributed by atoms with E-state index in [1.807, 2.05) is 45.0 Å². The summed E-state index contributed by atoms with van der Waals surface area (Å²) in [7, 11) is 0. The van der Waals surface area contributed by atoms with Gasteiger partial charge >= 0.3 is 0 Å². The molecule has 0 aliphatic heterocycles. The number of carbonyl (C=O) groups is 2. The number of benzene rings is 2. The first-order valence-electron chi connectivity index (χ1n) is 9.64. The Morgan fingerprint density at radius 3 is 2.43 bits per heavy atom. The Morgan fingerprint density at radius 2 is 1.79 bits per heavy atom. The molecular weight excluding hydrogens is 355 g/mol. The molecule has 1 N–H and O–H groups in total. The van der Waals surface area contributed by atoms with Gasteiger partial charge in [-0.1, -0.05) is 61.9 Å². The fraction of sp³-hybridized carbons (Fsp3) is 0.391. The number of aryl methyl sites for hydroxylation is 1. The molecule has 0 saturated carbocycles. The van der Waals surface area contributed by atoms with Crippen LogP contribution in [0.15, 0.2) is 48.5 Å². The number of hydrogen-bond acceptors (Lipinski definition) is 2. The summed E-state index contributed by atoms with van der Waals surface area (Å²) in [5.41, 5.74) is 2.33. The number of amides is 2. The van der Waals surface area contributed by atoms with Crippen molar-refractivity contribution in [2.24, 2.45) is 5.92 Å². The van der Waals surface area contributed by atoms with Gasteiger partial charge in [-0.2, -0.15) is 0 Å². The van der Waals surface area contributed by atoms with Gasteiger partial charge in [-0.15, -0.1) is 0 Å². The molecule has 0 bridgehead atoms. The standard InChI is InChI=1S/C23H29FN2O2/c1-16(2)14-25-23(28)18(4)26(15-20-10-5-6-11-21(20)24)22(27)13-19-9-7-8-17(3)12-19/h5-12,16,18H,13-15H2,1-4H3,(H,25,28). The third-order valence-corrected chi connectivity index (χ3v) is 4.59. The topological polar surface area (TPSA) is 49.4 Å². The maximum atomic E-state index is 14.2. The molecule has 0 aliphatic carbocycles. The quantitative estimate of drug-likeness (QED) is 0.751. The molecule has 0 aromatic heterocycles. The van der Waals surface area contributed by atoms with Gasteiger partial charge in [0.25, 0.3) is 0 Å². The lowest BCUT2D eigenvalue weighted by molar-refractivity contribution is -0.140. The molecule has 2 amide bonds. The van der Waals surface area contributed by atoms with Gasteiger partial charge in [0.2, 0.25) is 11.8 Å². The highest BCUT2D eigenvalue weighted by molar-refractivity contribution is 5.88. The van der Waals surface area contributed by atoms with Gasteiger partial charge in [0.05, 0.1) is 6.42 Å². The van der Waals surface area contributed by atoms with Crippen molar-refractivity contribution in [3.05, 3.63) is 71.0 Å². The average molecular weight is 384 g/mol. The molecule has 0 aliphatic rings. The second-order valence-electron chi connectivity index (χ2n) is 7.59. The second kappa shape index (κ2) is 10.0. The minimum absolute atomic E-state index is 0.0492. The number of halogens is 1. The Morgan fingerprint density at radius 1 is 1.07 bits per heavy atom. The van der Waals surface area contributed by atoms with Crippen LogP contribution in [0.25, 0.3) is 0 Å². The smallest absolute Gasteiger partial charge is 0.242 e. The number of carbonyl (C=O) groups excluding carboxylic acids is 2. The highest BCUT2D eigenvalue weighted by Gasteiger charge is 2.27. The largest absolute Gasteiger partial charge is 0.354 e. The molecule has 0 heterocycles. The van der Waals surface area contributed by atoms with Crippen molar-refractivity contribution in [1.82, 2.24) is 10.2 Å². The molecule has 1 atom stereocenters. The lowest BCUT2D eigenvalue weighted by Crippen LogP contribution is -2.48. The summed E-state index contributed by atoms with van der Waals surface area (Å²) in [4.78, 5) is 27.1. The van der Waals surface area contributed by atoms with Gasteiger partial charge in [-0.05, 0) is 31.4 Å². The van der Waals surface area contributed by atoms with Crippen LogP contribution in [0.2, 0.25) is 0 Å². The Labute approximate surface area is 166 Å². The highest BCUT2D eigenvalue weighted by atomic mass is 19.1. The van der Waals surface area contributed by atoms with E-state index in [2.05, 4.69) is 5.32 Å². The predicted octanol–water partition coefficient (Wildman–Crippen LogP) is 3.87. The van der Waals surface area contributed by atoms with E-state index in [1.54, 1.807) is 25.1 Å². The van der Waals surface area contributed by atoms with Crippen LogP contribution in [0, 0.1) is 18.7 Å². The van der Waals surface area contributed by atoms with Crippen molar-refractivity contribution in [2.45, 2.75) is 46.7 Å². The maximum absolute atomic E-state index is 14.2. The highest BCUT2D eigenvalue weighted by Crippen LogP contribution is 2.15. The first-order chi connectivity index (χ1) is 13.3. The molecule has 150 valence electrons. The molecule has 0 fully saturated rings. The van der Waals surface area contributed by atoms with E-state index in [0.717, 1.165) is 11.1 Å². The van der Waals surface area contributed by atoms with Gasteiger partial charge in [-0.25, -0.2) is 4.39 Å². The number of nitrogens with zero attached hydrogens (tertiary/aromatic N) is 1. The van der Waals surface area contributed by atoms with Gasteiger partial charge in [0.1, 0.15) is 11.9 Å². The van der Waals surface area contributed by atoms with Crippen LogP contribution >= 0.6 is 0 Å². The Kier molecular flexibility index (Phi) is 7.73. The lowest BCUT2D eigenvalue weighted by atomic mass is 10.1. The summed E-state index contributed by atoms with van der Waals surface area (Å²) >= 11 is 0. The summed E-state index contributed by atoms with van der Waals surface area (Å²) in [6, 6.07) is 13.3. The Balaban J connectivity index is 2.22. The zero-order valence-electron chi connectivity index (χ0n) is 17.0. The van der Waals surface area contributed by atoms with Crippen molar-refractivity contribution in [3.8, 4) is 0 Å². The van der Waals surface area contributed by atoms with Crippen LogP contribution in [0.1, 0.15) is 37.5 Å². The fourth-order valence-corrected chi connectivity index (χ4v) is 2.94. The molecule has 0 radical (unpaired) electrons. The van der Waals surface area contributed by atoms with Gasteiger partial charge < -0.3 is 10.2 Å². The molecular formula is C23H29FN2O2. The van der Waals surface area contributed by atoms with Crippen molar-refractivity contribution < 1.29 is 14.0 Å². The van der Waals surface area contributed by atoms with Crippen LogP contribution in [-0.2, 0) is 22.6 Å². The van der Waals surface area contributed by atoms with Crippen molar-refractivity contribution in [3.63, 3.8) is 0 Å². The first-order valence-corrected chi connectivity index (χ1v) is 9.64. The maximum Gasteiger partial charge on any atom is 0.242 e. The molecule has 2 aromatic carbocycles. The molecule has 1 unspecified atom stereocenters. The normalized spacial score (nSPS) is 11.9. The molecule has 2 rings (SSSR count). The summed E-state index contributed by atoms with van der Waals surface area (Å²) in [5, 5.41) is 2.86. The van der Waals surface area contributed by atoms with E-state index in [4.69, 9.17) is 0 Å². The summed E-state index contributed by atoms with van der Waals surface area (Å²) in [5.74, 6) is -0.520. The number of rotatable bonds is 8. The van der Waals surface area contributed by atoms with E-state index >= 15 is 0 Å². The Hall–Kier alpha value is -2.69. The zero-order chi connectivity index (χ0) is 20.7. The van der Waals surface area contributed by atoms with Crippen molar-refractivity contribution >= 4 is 11.8 Å². The summed E-state index contributed by atoms with van der Waals surface area (Å²) < 4.78 is 14.2. The summed E-state index contributed by atoms with van der Waals surface area (Å²) in [6.45, 7) is 8.24. The fourth-order valence-electron chi connectivity index (χ4n) is 2.94. The second-order valence-corrected chi connectivity index (χ2v) is 7.59. The average Bonchev–Trinajstić information content (AvgIpc) is 2.64. The number of hydrogen-bond donors (Lipinski definition) is 1. The van der Waals surface area contributed by atoms with Crippen molar-refractivity contribution in [2.75, 3.05) is 6.54 Å². The third-order valence-electron chi connectivity index (χ3n) is 4.59. The van der Waals surface area contributed by atoms with E-state index in [-0.39, 0.29) is 30.6 Å². The first kappa shape index (κ1) is 21.6. The van der Waals surface area contributed by atoms with Crippen LogP contribution in [0.5, 0.6) is 0 Å². The van der Waals surface area contributed by atoms with Crippen LogP contribution in [0.4, 0.5) is 4.39 Å². The monoisotopic (exact) mass is 384 g/mol. The van der Waals surface area contributed by atoms with E-state index in [1.165, 1.54) is 11.0 Å². The lowest BCUT2D eigenvalue weighted by Gasteiger charge is -2.29. The molecule has 2 aromatic rings. The Bertz CT molecular complexity index is 820. The van der Waals surface area contributed by atoms with E-state index in [0.29, 0.717) is 18.0 Å². The van der Waals surface area contributed by atoms with E-state index < -0.39 is 6.04 Å². The predicted molar refractivity (Wildman–Crippen MR) is 109 cm³/mol. The number of nitrogens with one attached hydrogen (secondary N) is 1. The zero-order valence-corrected chi connectivity index (χ0v) is 17.0. The SMILES string of the molecule is Cc1cccc(CC(=O)N(Cc2ccccc2F)C(C)C(=O)NCC(C)C)c1. The van der Waals surface area contributed by atoms with Crippen LogP contribution in [-0.4, -0.2) is 29.3 Å². The summed E-state index contributed by atoms with van der Waals surface area (Å²) in [6.07, 6.45) is 0.165. The van der Waals surface area contributed by atoms with Gasteiger partial charge in [0.15, 0.2) is 0 Å². The van der Waals surface area contributed by atoms with Gasteiger partial charge in [-0.3, -0.25) is 9.59 Å². The minimum Gasteiger partial charge on any atom is -0.354 e. The van der Waals surface area contributed by atoms with Crippen molar-refractivity contribution in [1.29, 1.82) is 0 Å². The third kappa shape index (κ3) is 6.19.